The molecule has 0 spiro atoms. The maximum Gasteiger partial charge on any atom is 0.323 e. The number of methoxy groups -OCH3 is 1. The van der Waals surface area contributed by atoms with Crippen molar-refractivity contribution in [3.8, 4) is 0 Å². The van der Waals surface area contributed by atoms with Crippen LogP contribution in [0.1, 0.15) is 16.4 Å². The molecular formula is C13H14N2O2S. The van der Waals surface area contributed by atoms with Crippen molar-refractivity contribution in [1.82, 2.24) is 9.97 Å². The first-order chi connectivity index (χ1) is 8.72. The standard InChI is InChI=1S/C13H14N2O2S/c1-9-5-3-4-6-10(9)11(12(16)17-2)18-13-14-7-8-15-13/h3-8,11H,1-2H3,(H,14,15)/t11-/m1/s1. The Labute approximate surface area is 110 Å². The summed E-state index contributed by atoms with van der Waals surface area (Å²) in [6.07, 6.45) is 3.39. The van der Waals surface area contributed by atoms with Gasteiger partial charge in [0.05, 0.1) is 7.11 Å². The van der Waals surface area contributed by atoms with E-state index in [0.717, 1.165) is 11.1 Å². The van der Waals surface area contributed by atoms with Crippen LogP contribution in [0, 0.1) is 6.92 Å². The summed E-state index contributed by atoms with van der Waals surface area (Å²) >= 11 is 1.35. The van der Waals surface area contributed by atoms with E-state index in [4.69, 9.17) is 4.74 Å². The summed E-state index contributed by atoms with van der Waals surface area (Å²) < 4.78 is 4.87. The normalized spacial score (nSPS) is 12.1. The average Bonchev–Trinajstić information content (AvgIpc) is 2.89. The third-order valence-electron chi connectivity index (χ3n) is 2.59. The molecule has 2 aromatic rings. The van der Waals surface area contributed by atoms with Crippen molar-refractivity contribution in [2.45, 2.75) is 17.3 Å². The van der Waals surface area contributed by atoms with E-state index in [0.29, 0.717) is 5.16 Å². The Morgan fingerprint density at radius 3 is 2.83 bits per heavy atom. The minimum atomic E-state index is -0.401. The summed E-state index contributed by atoms with van der Waals surface area (Å²) in [6, 6.07) is 7.78. The van der Waals surface area contributed by atoms with Gasteiger partial charge in [-0.05, 0) is 18.1 Å². The van der Waals surface area contributed by atoms with Gasteiger partial charge in [-0.3, -0.25) is 4.79 Å². The highest BCUT2D eigenvalue weighted by Crippen LogP contribution is 2.35. The molecule has 0 aliphatic carbocycles. The fourth-order valence-corrected chi connectivity index (χ4v) is 2.72. The number of hydrogen-bond acceptors (Lipinski definition) is 4. The molecule has 0 aliphatic rings. The molecule has 1 aromatic carbocycles. The van der Waals surface area contributed by atoms with Gasteiger partial charge < -0.3 is 9.72 Å². The van der Waals surface area contributed by atoms with E-state index in [9.17, 15) is 4.79 Å². The number of rotatable bonds is 4. The van der Waals surface area contributed by atoms with E-state index < -0.39 is 5.25 Å². The first kappa shape index (κ1) is 12.7. The average molecular weight is 262 g/mol. The number of nitrogens with one attached hydrogen (secondary N) is 1. The monoisotopic (exact) mass is 262 g/mol. The summed E-state index contributed by atoms with van der Waals surface area (Å²) in [5.41, 5.74) is 2.01. The van der Waals surface area contributed by atoms with Crippen molar-refractivity contribution in [3.05, 3.63) is 47.8 Å². The quantitative estimate of drug-likeness (QED) is 0.680. The summed E-state index contributed by atoms with van der Waals surface area (Å²) in [7, 11) is 1.40. The lowest BCUT2D eigenvalue weighted by molar-refractivity contribution is -0.140. The van der Waals surface area contributed by atoms with Gasteiger partial charge in [0.2, 0.25) is 0 Å². The maximum absolute atomic E-state index is 11.9. The number of hydrogen-bond donors (Lipinski definition) is 1. The molecule has 0 saturated heterocycles. The van der Waals surface area contributed by atoms with Crippen LogP contribution in [0.15, 0.2) is 41.8 Å². The molecular weight excluding hydrogens is 248 g/mol. The minimum absolute atomic E-state index is 0.273. The van der Waals surface area contributed by atoms with Gasteiger partial charge in [-0.1, -0.05) is 36.0 Å². The third-order valence-corrected chi connectivity index (χ3v) is 3.72. The Morgan fingerprint density at radius 2 is 2.22 bits per heavy atom. The molecule has 2 rings (SSSR count). The van der Waals surface area contributed by atoms with Crippen LogP contribution in [-0.2, 0) is 9.53 Å². The Morgan fingerprint density at radius 1 is 1.44 bits per heavy atom. The second-order valence-electron chi connectivity index (χ2n) is 3.77. The van der Waals surface area contributed by atoms with Crippen LogP contribution in [0.5, 0.6) is 0 Å². The molecule has 0 amide bonds. The first-order valence-electron chi connectivity index (χ1n) is 5.51. The van der Waals surface area contributed by atoms with E-state index in [1.807, 2.05) is 31.2 Å². The number of thioether (sulfide) groups is 1. The Bertz CT molecular complexity index is 526. The van der Waals surface area contributed by atoms with Crippen LogP contribution in [0.25, 0.3) is 0 Å². The van der Waals surface area contributed by atoms with Crippen molar-refractivity contribution in [2.24, 2.45) is 0 Å². The fourth-order valence-electron chi connectivity index (χ4n) is 1.65. The van der Waals surface area contributed by atoms with Gasteiger partial charge in [0.15, 0.2) is 5.16 Å². The molecule has 0 saturated carbocycles. The van der Waals surface area contributed by atoms with E-state index in [1.165, 1.54) is 18.9 Å². The predicted octanol–water partition coefficient (Wildman–Crippen LogP) is 2.72. The third kappa shape index (κ3) is 2.73. The lowest BCUT2D eigenvalue weighted by atomic mass is 10.1. The van der Waals surface area contributed by atoms with Crippen molar-refractivity contribution < 1.29 is 9.53 Å². The number of benzene rings is 1. The van der Waals surface area contributed by atoms with Gasteiger partial charge >= 0.3 is 5.97 Å². The number of aromatic amines is 1. The van der Waals surface area contributed by atoms with Gasteiger partial charge in [0.1, 0.15) is 5.25 Å². The number of carbonyl (C=O) groups excluding carboxylic acids is 1. The Balaban J connectivity index is 2.31. The molecule has 1 N–H and O–H groups in total. The molecule has 0 fully saturated rings. The second kappa shape index (κ2) is 5.73. The molecule has 0 bridgehead atoms. The van der Waals surface area contributed by atoms with E-state index in [2.05, 4.69) is 9.97 Å². The second-order valence-corrected chi connectivity index (χ2v) is 4.87. The first-order valence-corrected chi connectivity index (χ1v) is 6.39. The number of aryl methyl sites for hydroxylation is 1. The molecule has 0 aliphatic heterocycles. The molecule has 0 radical (unpaired) electrons. The summed E-state index contributed by atoms with van der Waals surface area (Å²) in [4.78, 5) is 19.0. The van der Waals surface area contributed by atoms with Crippen molar-refractivity contribution >= 4 is 17.7 Å². The number of ether oxygens (including phenoxy) is 1. The van der Waals surface area contributed by atoms with Gasteiger partial charge in [-0.25, -0.2) is 4.98 Å². The summed E-state index contributed by atoms with van der Waals surface area (Å²) in [6.45, 7) is 1.98. The number of imidazole rings is 1. The SMILES string of the molecule is COC(=O)[C@H](Sc1ncc[nH]1)c1ccccc1C. The minimum Gasteiger partial charge on any atom is -0.468 e. The fraction of sp³-hybridized carbons (Fsp3) is 0.231. The van der Waals surface area contributed by atoms with Crippen LogP contribution in [0.2, 0.25) is 0 Å². The predicted molar refractivity (Wildman–Crippen MR) is 70.4 cm³/mol. The smallest absolute Gasteiger partial charge is 0.323 e. The Hall–Kier alpha value is -1.75. The molecule has 1 heterocycles. The van der Waals surface area contributed by atoms with Gasteiger partial charge in [-0.15, -0.1) is 0 Å². The molecule has 4 nitrogen and oxygen atoms in total. The van der Waals surface area contributed by atoms with Crippen LogP contribution < -0.4 is 0 Å². The largest absolute Gasteiger partial charge is 0.468 e. The molecule has 18 heavy (non-hydrogen) atoms. The highest BCUT2D eigenvalue weighted by molar-refractivity contribution is 8.00. The van der Waals surface area contributed by atoms with E-state index in [1.54, 1.807) is 12.4 Å². The number of H-pyrrole nitrogens is 1. The highest BCUT2D eigenvalue weighted by Gasteiger charge is 2.25. The van der Waals surface area contributed by atoms with Crippen molar-refractivity contribution in [1.29, 1.82) is 0 Å². The number of carbonyl (C=O) groups is 1. The molecule has 1 atom stereocenters. The maximum atomic E-state index is 11.9. The van der Waals surface area contributed by atoms with Crippen LogP contribution >= 0.6 is 11.8 Å². The zero-order chi connectivity index (χ0) is 13.0. The summed E-state index contributed by atoms with van der Waals surface area (Å²) in [5, 5.41) is 0.302. The zero-order valence-electron chi connectivity index (χ0n) is 10.2. The number of aromatic nitrogens is 2. The molecule has 94 valence electrons. The van der Waals surface area contributed by atoms with Crippen LogP contribution in [0.3, 0.4) is 0 Å². The summed E-state index contributed by atoms with van der Waals surface area (Å²) in [5.74, 6) is -0.273. The lowest BCUT2D eigenvalue weighted by Gasteiger charge is -2.15. The number of esters is 1. The lowest BCUT2D eigenvalue weighted by Crippen LogP contribution is -2.12. The number of nitrogens with zero attached hydrogens (tertiary/aromatic N) is 1. The molecule has 5 heteroatoms. The molecule has 0 unspecified atom stereocenters. The van der Waals surface area contributed by atoms with Crippen molar-refractivity contribution in [2.75, 3.05) is 7.11 Å². The van der Waals surface area contributed by atoms with Gasteiger partial charge in [-0.2, -0.15) is 0 Å². The Kier molecular flexibility index (Phi) is 4.04. The van der Waals surface area contributed by atoms with E-state index in [-0.39, 0.29) is 5.97 Å². The van der Waals surface area contributed by atoms with Crippen LogP contribution in [-0.4, -0.2) is 23.0 Å². The van der Waals surface area contributed by atoms with Crippen LogP contribution in [0.4, 0.5) is 0 Å². The van der Waals surface area contributed by atoms with Gasteiger partial charge in [0, 0.05) is 12.4 Å². The van der Waals surface area contributed by atoms with Gasteiger partial charge in [0.25, 0.3) is 0 Å². The van der Waals surface area contributed by atoms with Crippen molar-refractivity contribution in [3.63, 3.8) is 0 Å². The molecule has 1 aromatic heterocycles. The topological polar surface area (TPSA) is 55.0 Å². The van der Waals surface area contributed by atoms with E-state index >= 15 is 0 Å². The zero-order valence-corrected chi connectivity index (χ0v) is 11.0. The highest BCUT2D eigenvalue weighted by atomic mass is 32.2.